The van der Waals surface area contributed by atoms with Crippen molar-refractivity contribution in [2.24, 2.45) is 16.9 Å². The molecule has 0 saturated heterocycles. The summed E-state index contributed by atoms with van der Waals surface area (Å²) in [7, 11) is 3.27. The normalized spacial score (nSPS) is 23.5. The van der Waals surface area contributed by atoms with Crippen molar-refractivity contribution in [1.29, 1.82) is 0 Å². The van der Waals surface area contributed by atoms with Gasteiger partial charge in [0.25, 0.3) is 0 Å². The topological polar surface area (TPSA) is 51.1 Å². The standard InChI is InChI=1S/C19H26N2O3/c1-4-11-21-19(22)15-8-6-5-7-14(15)18(20-21)13-9-10-16(23-2)17(12-13)24-3/h9-10,12,14-15H,4-8,11H2,1-3H3. The maximum absolute atomic E-state index is 12.7. The molecule has 2 unspecified atom stereocenters. The predicted molar refractivity (Wildman–Crippen MR) is 93.5 cm³/mol. The maximum Gasteiger partial charge on any atom is 0.246 e. The van der Waals surface area contributed by atoms with Crippen LogP contribution in [0.4, 0.5) is 0 Å². The first-order valence-electron chi connectivity index (χ1n) is 8.81. The highest BCUT2D eigenvalue weighted by molar-refractivity contribution is 6.07. The lowest BCUT2D eigenvalue weighted by atomic mass is 9.73. The summed E-state index contributed by atoms with van der Waals surface area (Å²) in [6.07, 6.45) is 5.20. The third-order valence-electron chi connectivity index (χ3n) is 5.03. The second kappa shape index (κ2) is 7.24. The van der Waals surface area contributed by atoms with Crippen LogP contribution in [-0.4, -0.2) is 37.4 Å². The number of hydrogen-bond donors (Lipinski definition) is 0. The molecule has 1 amide bonds. The molecule has 5 heteroatoms. The molecule has 1 aliphatic carbocycles. The van der Waals surface area contributed by atoms with Crippen LogP contribution in [0, 0.1) is 11.8 Å². The van der Waals surface area contributed by atoms with Crippen LogP contribution >= 0.6 is 0 Å². The lowest BCUT2D eigenvalue weighted by Gasteiger charge is -2.38. The van der Waals surface area contributed by atoms with Crippen molar-refractivity contribution < 1.29 is 14.3 Å². The van der Waals surface area contributed by atoms with Gasteiger partial charge in [0.1, 0.15) is 0 Å². The van der Waals surface area contributed by atoms with E-state index in [0.29, 0.717) is 18.0 Å². The van der Waals surface area contributed by atoms with Gasteiger partial charge in [0.2, 0.25) is 5.91 Å². The van der Waals surface area contributed by atoms with E-state index in [-0.39, 0.29) is 17.7 Å². The van der Waals surface area contributed by atoms with Gasteiger partial charge in [-0.05, 0) is 37.5 Å². The average molecular weight is 330 g/mol. The highest BCUT2D eigenvalue weighted by atomic mass is 16.5. The Morgan fingerprint density at radius 1 is 1.12 bits per heavy atom. The van der Waals surface area contributed by atoms with Gasteiger partial charge >= 0.3 is 0 Å². The fourth-order valence-corrected chi connectivity index (χ4v) is 3.84. The van der Waals surface area contributed by atoms with Crippen LogP contribution in [0.15, 0.2) is 23.3 Å². The first-order chi connectivity index (χ1) is 11.7. The first kappa shape index (κ1) is 16.8. The van der Waals surface area contributed by atoms with Crippen LogP contribution in [-0.2, 0) is 4.79 Å². The van der Waals surface area contributed by atoms with Crippen LogP contribution in [0.25, 0.3) is 0 Å². The van der Waals surface area contributed by atoms with Crippen molar-refractivity contribution in [3.8, 4) is 11.5 Å². The highest BCUT2D eigenvalue weighted by Gasteiger charge is 2.40. The minimum absolute atomic E-state index is 0.0749. The number of fused-ring (bicyclic) bond motifs is 1. The molecule has 24 heavy (non-hydrogen) atoms. The number of benzene rings is 1. The zero-order valence-electron chi connectivity index (χ0n) is 14.7. The van der Waals surface area contributed by atoms with Crippen molar-refractivity contribution in [2.75, 3.05) is 20.8 Å². The van der Waals surface area contributed by atoms with Crippen molar-refractivity contribution in [1.82, 2.24) is 5.01 Å². The number of hydrazone groups is 1. The Bertz CT molecular complexity index is 641. The quantitative estimate of drug-likeness (QED) is 0.831. The minimum atomic E-state index is 0.0749. The van der Waals surface area contributed by atoms with E-state index in [9.17, 15) is 4.79 Å². The van der Waals surface area contributed by atoms with Gasteiger partial charge in [-0.15, -0.1) is 0 Å². The molecule has 0 radical (unpaired) electrons. The summed E-state index contributed by atoms with van der Waals surface area (Å²) in [5.74, 6) is 1.90. The number of nitrogens with zero attached hydrogens (tertiary/aromatic N) is 2. The Kier molecular flexibility index (Phi) is 5.07. The molecule has 0 bridgehead atoms. The summed E-state index contributed by atoms with van der Waals surface area (Å²) in [5.41, 5.74) is 2.05. The van der Waals surface area contributed by atoms with E-state index in [1.807, 2.05) is 18.2 Å². The summed E-state index contributed by atoms with van der Waals surface area (Å²) in [6.45, 7) is 2.75. The number of rotatable bonds is 5. The minimum Gasteiger partial charge on any atom is -0.493 e. The van der Waals surface area contributed by atoms with Crippen molar-refractivity contribution in [3.63, 3.8) is 0 Å². The van der Waals surface area contributed by atoms with Gasteiger partial charge in [-0.1, -0.05) is 19.8 Å². The summed E-state index contributed by atoms with van der Waals surface area (Å²) >= 11 is 0. The van der Waals surface area contributed by atoms with E-state index in [2.05, 4.69) is 6.92 Å². The van der Waals surface area contributed by atoms with Gasteiger partial charge in [-0.3, -0.25) is 4.79 Å². The smallest absolute Gasteiger partial charge is 0.246 e. The second-order valence-electron chi connectivity index (χ2n) is 6.51. The van der Waals surface area contributed by atoms with E-state index >= 15 is 0 Å². The Labute approximate surface area is 143 Å². The fraction of sp³-hybridized carbons (Fsp3) is 0.579. The molecular formula is C19H26N2O3. The summed E-state index contributed by atoms with van der Waals surface area (Å²) in [6, 6.07) is 5.91. The summed E-state index contributed by atoms with van der Waals surface area (Å²) in [5, 5.41) is 6.42. The van der Waals surface area contributed by atoms with Gasteiger partial charge in [0, 0.05) is 23.9 Å². The molecular weight excluding hydrogens is 304 g/mol. The van der Waals surface area contributed by atoms with Gasteiger partial charge in [-0.25, -0.2) is 5.01 Å². The van der Waals surface area contributed by atoms with E-state index in [1.54, 1.807) is 19.2 Å². The third kappa shape index (κ3) is 2.99. The SMILES string of the molecule is CCCN1N=C(c2ccc(OC)c(OC)c2)C2CCCCC2C1=O. The van der Waals surface area contributed by atoms with E-state index in [4.69, 9.17) is 14.6 Å². The number of carbonyl (C=O) groups excluding carboxylic acids is 1. The zero-order valence-corrected chi connectivity index (χ0v) is 14.7. The molecule has 2 aliphatic rings. The molecule has 130 valence electrons. The Hall–Kier alpha value is -2.04. The predicted octanol–water partition coefficient (Wildman–Crippen LogP) is 3.47. The van der Waals surface area contributed by atoms with Gasteiger partial charge in [0.15, 0.2) is 11.5 Å². The van der Waals surface area contributed by atoms with Crippen LogP contribution in [0.5, 0.6) is 11.5 Å². The van der Waals surface area contributed by atoms with Gasteiger partial charge in [-0.2, -0.15) is 5.10 Å². The molecule has 0 aromatic heterocycles. The number of methoxy groups -OCH3 is 2. The van der Waals surface area contributed by atoms with E-state index in [1.165, 1.54) is 0 Å². The second-order valence-corrected chi connectivity index (χ2v) is 6.51. The van der Waals surface area contributed by atoms with Crippen LogP contribution in [0.2, 0.25) is 0 Å². The lowest BCUT2D eigenvalue weighted by molar-refractivity contribution is -0.138. The van der Waals surface area contributed by atoms with Crippen LogP contribution in [0.3, 0.4) is 0 Å². The highest BCUT2D eigenvalue weighted by Crippen LogP contribution is 2.39. The zero-order chi connectivity index (χ0) is 17.1. The number of carbonyl (C=O) groups is 1. The molecule has 0 spiro atoms. The van der Waals surface area contributed by atoms with E-state index in [0.717, 1.165) is 43.4 Å². The summed E-state index contributed by atoms with van der Waals surface area (Å²) < 4.78 is 10.8. The molecule has 5 nitrogen and oxygen atoms in total. The molecule has 1 aromatic carbocycles. The average Bonchev–Trinajstić information content (AvgIpc) is 2.63. The molecule has 1 heterocycles. The van der Waals surface area contributed by atoms with Crippen molar-refractivity contribution >= 4 is 11.6 Å². The van der Waals surface area contributed by atoms with Crippen LogP contribution in [0.1, 0.15) is 44.6 Å². The van der Waals surface area contributed by atoms with Crippen molar-refractivity contribution in [2.45, 2.75) is 39.0 Å². The van der Waals surface area contributed by atoms with Crippen molar-refractivity contribution in [3.05, 3.63) is 23.8 Å². The number of ether oxygens (including phenoxy) is 2. The van der Waals surface area contributed by atoms with E-state index < -0.39 is 0 Å². The first-order valence-corrected chi connectivity index (χ1v) is 8.81. The Morgan fingerprint density at radius 3 is 2.50 bits per heavy atom. The Balaban J connectivity index is 2.02. The molecule has 0 N–H and O–H groups in total. The number of hydrogen-bond acceptors (Lipinski definition) is 4. The lowest BCUT2D eigenvalue weighted by Crippen LogP contribution is -2.46. The largest absolute Gasteiger partial charge is 0.493 e. The monoisotopic (exact) mass is 330 g/mol. The summed E-state index contributed by atoms with van der Waals surface area (Å²) in [4.78, 5) is 12.7. The maximum atomic E-state index is 12.7. The molecule has 1 fully saturated rings. The molecule has 1 aromatic rings. The molecule has 2 atom stereocenters. The fourth-order valence-electron chi connectivity index (χ4n) is 3.84. The van der Waals surface area contributed by atoms with Crippen LogP contribution < -0.4 is 9.47 Å². The Morgan fingerprint density at radius 2 is 1.83 bits per heavy atom. The van der Waals surface area contributed by atoms with Gasteiger partial charge < -0.3 is 9.47 Å². The molecule has 1 aliphatic heterocycles. The third-order valence-corrected chi connectivity index (χ3v) is 5.03. The van der Waals surface area contributed by atoms with Gasteiger partial charge in [0.05, 0.1) is 19.9 Å². The number of amides is 1. The molecule has 1 saturated carbocycles. The molecule has 3 rings (SSSR count).